The monoisotopic (exact) mass is 401 g/mol. The first-order chi connectivity index (χ1) is 14.3. The molecule has 0 fully saturated rings. The van der Waals surface area contributed by atoms with E-state index in [-0.39, 0.29) is 12.0 Å². The van der Waals surface area contributed by atoms with Crippen LogP contribution in [0.4, 0.5) is 5.69 Å². The third-order valence-corrected chi connectivity index (χ3v) is 5.05. The van der Waals surface area contributed by atoms with Crippen LogP contribution in [0.5, 0.6) is 0 Å². The fourth-order valence-corrected chi connectivity index (χ4v) is 3.24. The lowest BCUT2D eigenvalue weighted by Gasteiger charge is -2.24. The Morgan fingerprint density at radius 3 is 1.90 bits per heavy atom. The molecule has 30 heavy (non-hydrogen) atoms. The van der Waals surface area contributed by atoms with Gasteiger partial charge in [0.05, 0.1) is 13.7 Å². The summed E-state index contributed by atoms with van der Waals surface area (Å²) in [6, 6.07) is 25.8. The van der Waals surface area contributed by atoms with Gasteiger partial charge in [-0.25, -0.2) is 4.79 Å². The molecule has 0 N–H and O–H groups in total. The first kappa shape index (κ1) is 21.3. The molecule has 0 saturated heterocycles. The first-order valence-corrected chi connectivity index (χ1v) is 9.94. The zero-order chi connectivity index (χ0) is 21.7. The summed E-state index contributed by atoms with van der Waals surface area (Å²) >= 11 is 0. The molecule has 3 rings (SSSR count). The van der Waals surface area contributed by atoms with Crippen molar-refractivity contribution in [2.45, 2.75) is 32.7 Å². The number of hydrogen-bond acceptors (Lipinski definition) is 3. The second kappa shape index (κ2) is 8.95. The molecule has 0 bridgehead atoms. The number of esters is 1. The van der Waals surface area contributed by atoms with Gasteiger partial charge in [-0.15, -0.1) is 0 Å². The number of amides is 1. The van der Waals surface area contributed by atoms with E-state index in [2.05, 4.69) is 37.6 Å². The average molecular weight is 402 g/mol. The van der Waals surface area contributed by atoms with Gasteiger partial charge in [0.2, 0.25) is 0 Å². The SMILES string of the molecule is COC(=O)C(=O)N(Cc1ccc(-c2ccccc2)cc1)c1ccc(C(C)(C)C)cc1. The van der Waals surface area contributed by atoms with Gasteiger partial charge >= 0.3 is 11.9 Å². The summed E-state index contributed by atoms with van der Waals surface area (Å²) < 4.78 is 4.68. The maximum Gasteiger partial charge on any atom is 0.397 e. The van der Waals surface area contributed by atoms with Gasteiger partial charge in [0.15, 0.2) is 0 Å². The maximum atomic E-state index is 12.7. The van der Waals surface area contributed by atoms with Gasteiger partial charge in [0, 0.05) is 5.69 Å². The molecule has 4 nitrogen and oxygen atoms in total. The van der Waals surface area contributed by atoms with Gasteiger partial charge in [0.25, 0.3) is 0 Å². The summed E-state index contributed by atoms with van der Waals surface area (Å²) in [5, 5.41) is 0. The van der Waals surface area contributed by atoms with Crippen molar-refractivity contribution in [1.29, 1.82) is 0 Å². The molecule has 0 heterocycles. The van der Waals surface area contributed by atoms with Crippen LogP contribution in [0.15, 0.2) is 78.9 Å². The topological polar surface area (TPSA) is 46.6 Å². The lowest BCUT2D eigenvalue weighted by atomic mass is 9.87. The van der Waals surface area contributed by atoms with Gasteiger partial charge in [-0.3, -0.25) is 9.69 Å². The number of rotatable bonds is 4. The quantitative estimate of drug-likeness (QED) is 0.437. The van der Waals surface area contributed by atoms with Gasteiger partial charge < -0.3 is 4.74 Å². The number of anilines is 1. The minimum absolute atomic E-state index is 0.00296. The molecule has 0 radical (unpaired) electrons. The molecule has 0 spiro atoms. The molecule has 0 aromatic heterocycles. The highest BCUT2D eigenvalue weighted by Crippen LogP contribution is 2.26. The van der Waals surface area contributed by atoms with Crippen molar-refractivity contribution in [3.05, 3.63) is 90.0 Å². The Hall–Kier alpha value is -3.40. The van der Waals surface area contributed by atoms with Gasteiger partial charge in [0.1, 0.15) is 0 Å². The molecule has 1 amide bonds. The van der Waals surface area contributed by atoms with Crippen LogP contribution in [0, 0.1) is 0 Å². The highest BCUT2D eigenvalue weighted by Gasteiger charge is 2.25. The van der Waals surface area contributed by atoms with Crippen LogP contribution in [0.25, 0.3) is 11.1 Å². The number of benzene rings is 3. The Kier molecular flexibility index (Phi) is 6.36. The van der Waals surface area contributed by atoms with Gasteiger partial charge in [-0.2, -0.15) is 0 Å². The van der Waals surface area contributed by atoms with E-state index in [1.54, 1.807) is 0 Å². The van der Waals surface area contributed by atoms with Crippen LogP contribution < -0.4 is 4.90 Å². The molecule has 0 saturated carbocycles. The number of carbonyl (C=O) groups is 2. The minimum Gasteiger partial charge on any atom is -0.462 e. The first-order valence-electron chi connectivity index (χ1n) is 9.94. The average Bonchev–Trinajstić information content (AvgIpc) is 2.77. The van der Waals surface area contributed by atoms with Gasteiger partial charge in [-0.1, -0.05) is 87.5 Å². The fourth-order valence-electron chi connectivity index (χ4n) is 3.24. The third-order valence-electron chi connectivity index (χ3n) is 5.05. The number of carbonyl (C=O) groups excluding carboxylic acids is 2. The van der Waals surface area contributed by atoms with E-state index in [4.69, 9.17) is 0 Å². The van der Waals surface area contributed by atoms with E-state index in [1.807, 2.05) is 66.7 Å². The van der Waals surface area contributed by atoms with Crippen molar-refractivity contribution in [3.63, 3.8) is 0 Å². The van der Waals surface area contributed by atoms with Crippen LogP contribution >= 0.6 is 0 Å². The van der Waals surface area contributed by atoms with Crippen LogP contribution in [-0.4, -0.2) is 19.0 Å². The molecule has 0 atom stereocenters. The summed E-state index contributed by atoms with van der Waals surface area (Å²) in [4.78, 5) is 26.1. The lowest BCUT2D eigenvalue weighted by Crippen LogP contribution is -2.37. The van der Waals surface area contributed by atoms with Crippen molar-refractivity contribution >= 4 is 17.6 Å². The zero-order valence-corrected chi connectivity index (χ0v) is 17.9. The number of hydrogen-bond donors (Lipinski definition) is 0. The second-order valence-electron chi connectivity index (χ2n) is 8.24. The normalized spacial score (nSPS) is 11.1. The van der Waals surface area contributed by atoms with E-state index in [0.717, 1.165) is 22.3 Å². The van der Waals surface area contributed by atoms with Crippen molar-refractivity contribution in [3.8, 4) is 11.1 Å². The highest BCUT2D eigenvalue weighted by atomic mass is 16.5. The largest absolute Gasteiger partial charge is 0.462 e. The Balaban J connectivity index is 1.88. The van der Waals surface area contributed by atoms with Crippen molar-refractivity contribution in [2.75, 3.05) is 12.0 Å². The Morgan fingerprint density at radius 1 is 0.800 bits per heavy atom. The summed E-state index contributed by atoms with van der Waals surface area (Å²) in [6.07, 6.45) is 0. The van der Waals surface area contributed by atoms with Gasteiger partial charge in [-0.05, 0) is 39.8 Å². The van der Waals surface area contributed by atoms with Crippen molar-refractivity contribution < 1.29 is 14.3 Å². The van der Waals surface area contributed by atoms with Crippen molar-refractivity contribution in [2.24, 2.45) is 0 Å². The molecule has 0 aliphatic rings. The number of methoxy groups -OCH3 is 1. The molecule has 154 valence electrons. The predicted octanol–water partition coefficient (Wildman–Crippen LogP) is 5.36. The van der Waals surface area contributed by atoms with Crippen LogP contribution in [0.2, 0.25) is 0 Å². The maximum absolute atomic E-state index is 12.7. The van der Waals surface area contributed by atoms with Crippen LogP contribution in [0.3, 0.4) is 0 Å². The van der Waals surface area contributed by atoms with E-state index < -0.39 is 11.9 Å². The molecule has 4 heteroatoms. The summed E-state index contributed by atoms with van der Waals surface area (Å²) in [7, 11) is 1.22. The summed E-state index contributed by atoms with van der Waals surface area (Å²) in [5.41, 5.74) is 4.97. The smallest absolute Gasteiger partial charge is 0.397 e. The van der Waals surface area contributed by atoms with E-state index >= 15 is 0 Å². The standard InChI is InChI=1S/C26H27NO3/c1-26(2,3)22-14-16-23(17-15-22)27(24(28)25(29)30-4)18-19-10-12-21(13-11-19)20-8-6-5-7-9-20/h5-17H,18H2,1-4H3. The summed E-state index contributed by atoms with van der Waals surface area (Å²) in [5.74, 6) is -1.57. The molecular weight excluding hydrogens is 374 g/mol. The van der Waals surface area contributed by atoms with Crippen LogP contribution in [0.1, 0.15) is 31.9 Å². The molecule has 0 unspecified atom stereocenters. The third kappa shape index (κ3) is 4.95. The Bertz CT molecular complexity index is 1000. The molecule has 3 aromatic rings. The Morgan fingerprint density at radius 2 is 1.37 bits per heavy atom. The predicted molar refractivity (Wildman–Crippen MR) is 120 cm³/mol. The van der Waals surface area contributed by atoms with E-state index in [9.17, 15) is 9.59 Å². The lowest BCUT2D eigenvalue weighted by molar-refractivity contribution is -0.151. The fraction of sp³-hybridized carbons (Fsp3) is 0.231. The Labute approximate surface area is 178 Å². The second-order valence-corrected chi connectivity index (χ2v) is 8.24. The molecule has 0 aliphatic carbocycles. The highest BCUT2D eigenvalue weighted by molar-refractivity contribution is 6.38. The van der Waals surface area contributed by atoms with E-state index in [0.29, 0.717) is 5.69 Å². The number of nitrogens with zero attached hydrogens (tertiary/aromatic N) is 1. The molecule has 0 aliphatic heterocycles. The molecular formula is C26H27NO3. The zero-order valence-electron chi connectivity index (χ0n) is 17.9. The van der Waals surface area contributed by atoms with Crippen molar-refractivity contribution in [1.82, 2.24) is 0 Å². The minimum atomic E-state index is -0.879. The van der Waals surface area contributed by atoms with Crippen LogP contribution in [-0.2, 0) is 26.3 Å². The molecule has 3 aromatic carbocycles. The number of ether oxygens (including phenoxy) is 1. The van der Waals surface area contributed by atoms with E-state index in [1.165, 1.54) is 12.0 Å². The summed E-state index contributed by atoms with van der Waals surface area (Å²) in [6.45, 7) is 6.67.